The molecule has 0 unspecified atom stereocenters. The molecule has 0 saturated heterocycles. The van der Waals surface area contributed by atoms with E-state index < -0.39 is 0 Å². The molecule has 16 heavy (non-hydrogen) atoms. The smallest absolute Gasteiger partial charge is 0.221 e. The second kappa shape index (κ2) is 4.28. The van der Waals surface area contributed by atoms with Crippen LogP contribution >= 0.6 is 0 Å². The number of hydrogen-bond acceptors (Lipinski definition) is 4. The van der Waals surface area contributed by atoms with Gasteiger partial charge in [-0.15, -0.1) is 0 Å². The maximum absolute atomic E-state index is 5.19. The topological polar surface area (TPSA) is 47.0 Å². The summed E-state index contributed by atoms with van der Waals surface area (Å²) in [4.78, 5) is 8.38. The molecule has 1 aromatic heterocycles. The molecule has 0 atom stereocenters. The van der Waals surface area contributed by atoms with Gasteiger partial charge in [0.05, 0.1) is 12.7 Å². The van der Waals surface area contributed by atoms with Gasteiger partial charge in [0.2, 0.25) is 5.88 Å². The van der Waals surface area contributed by atoms with Crippen molar-refractivity contribution in [2.24, 2.45) is 0 Å². The van der Waals surface area contributed by atoms with Gasteiger partial charge in [-0.1, -0.05) is 6.92 Å². The first-order valence-electron chi connectivity index (χ1n) is 5.84. The quantitative estimate of drug-likeness (QED) is 0.848. The molecular weight excluding hydrogens is 202 g/mol. The highest BCUT2D eigenvalue weighted by atomic mass is 16.5. The third kappa shape index (κ3) is 1.84. The Morgan fingerprint density at radius 3 is 2.69 bits per heavy atom. The SMILES string of the molecule is CCC1(Nc2ncnc(OC)c2C)CCC1. The number of ether oxygens (including phenoxy) is 1. The van der Waals surface area contributed by atoms with Crippen LogP contribution in [0.25, 0.3) is 0 Å². The minimum Gasteiger partial charge on any atom is -0.481 e. The Morgan fingerprint density at radius 2 is 2.19 bits per heavy atom. The molecule has 4 nitrogen and oxygen atoms in total. The number of methoxy groups -OCH3 is 1. The first kappa shape index (κ1) is 11.2. The molecule has 1 aliphatic carbocycles. The molecule has 0 aromatic carbocycles. The summed E-state index contributed by atoms with van der Waals surface area (Å²) >= 11 is 0. The number of aromatic nitrogens is 2. The minimum absolute atomic E-state index is 0.254. The summed E-state index contributed by atoms with van der Waals surface area (Å²) in [5.41, 5.74) is 1.24. The van der Waals surface area contributed by atoms with Crippen molar-refractivity contribution in [2.75, 3.05) is 12.4 Å². The van der Waals surface area contributed by atoms with E-state index in [1.165, 1.54) is 19.3 Å². The van der Waals surface area contributed by atoms with Gasteiger partial charge in [-0.3, -0.25) is 0 Å². The van der Waals surface area contributed by atoms with Crippen LogP contribution in [0.4, 0.5) is 5.82 Å². The van der Waals surface area contributed by atoms with Gasteiger partial charge in [0.15, 0.2) is 0 Å². The summed E-state index contributed by atoms with van der Waals surface area (Å²) in [5, 5.41) is 3.55. The predicted molar refractivity (Wildman–Crippen MR) is 63.8 cm³/mol. The van der Waals surface area contributed by atoms with E-state index in [1.54, 1.807) is 13.4 Å². The third-order valence-electron chi connectivity index (χ3n) is 3.60. The molecule has 0 aliphatic heterocycles. The number of nitrogens with zero attached hydrogens (tertiary/aromatic N) is 2. The fraction of sp³-hybridized carbons (Fsp3) is 0.667. The Hall–Kier alpha value is -1.32. The van der Waals surface area contributed by atoms with E-state index in [0.717, 1.165) is 17.8 Å². The summed E-state index contributed by atoms with van der Waals surface area (Å²) in [6, 6.07) is 0. The van der Waals surface area contributed by atoms with Crippen LogP contribution in [-0.2, 0) is 0 Å². The normalized spacial score (nSPS) is 17.7. The first-order chi connectivity index (χ1) is 7.71. The summed E-state index contributed by atoms with van der Waals surface area (Å²) in [7, 11) is 1.64. The summed E-state index contributed by atoms with van der Waals surface area (Å²) < 4.78 is 5.19. The second-order valence-electron chi connectivity index (χ2n) is 4.47. The Balaban J connectivity index is 2.21. The highest BCUT2D eigenvalue weighted by Crippen LogP contribution is 2.38. The molecule has 1 saturated carbocycles. The lowest BCUT2D eigenvalue weighted by molar-refractivity contribution is 0.268. The average molecular weight is 221 g/mol. The monoisotopic (exact) mass is 221 g/mol. The molecular formula is C12H19N3O. The van der Waals surface area contributed by atoms with Gasteiger partial charge in [-0.2, -0.15) is 0 Å². The average Bonchev–Trinajstić information content (AvgIpc) is 2.25. The minimum atomic E-state index is 0.254. The van der Waals surface area contributed by atoms with Crippen molar-refractivity contribution in [1.82, 2.24) is 9.97 Å². The highest BCUT2D eigenvalue weighted by Gasteiger charge is 2.35. The summed E-state index contributed by atoms with van der Waals surface area (Å²) in [6.45, 7) is 4.21. The van der Waals surface area contributed by atoms with Crippen molar-refractivity contribution >= 4 is 5.82 Å². The van der Waals surface area contributed by atoms with Gasteiger partial charge in [0.25, 0.3) is 0 Å². The molecule has 1 aromatic rings. The van der Waals surface area contributed by atoms with Gasteiger partial charge in [-0.05, 0) is 32.6 Å². The van der Waals surface area contributed by atoms with Gasteiger partial charge in [0, 0.05) is 5.54 Å². The van der Waals surface area contributed by atoms with Crippen LogP contribution in [0.2, 0.25) is 0 Å². The van der Waals surface area contributed by atoms with Gasteiger partial charge in [-0.25, -0.2) is 9.97 Å². The zero-order chi connectivity index (χ0) is 11.6. The van der Waals surface area contributed by atoms with Gasteiger partial charge >= 0.3 is 0 Å². The van der Waals surface area contributed by atoms with Crippen molar-refractivity contribution in [3.63, 3.8) is 0 Å². The summed E-state index contributed by atoms with van der Waals surface area (Å²) in [6.07, 6.45) is 6.46. The Morgan fingerprint density at radius 1 is 1.44 bits per heavy atom. The van der Waals surface area contributed by atoms with Crippen LogP contribution in [0.15, 0.2) is 6.33 Å². The van der Waals surface area contributed by atoms with Crippen molar-refractivity contribution < 1.29 is 4.74 Å². The lowest BCUT2D eigenvalue weighted by atomic mass is 9.75. The lowest BCUT2D eigenvalue weighted by Crippen LogP contribution is -2.44. The van der Waals surface area contributed by atoms with Crippen molar-refractivity contribution in [1.29, 1.82) is 0 Å². The zero-order valence-electron chi connectivity index (χ0n) is 10.2. The Bertz CT molecular complexity index is 369. The number of nitrogens with one attached hydrogen (secondary N) is 1. The maximum Gasteiger partial charge on any atom is 0.221 e. The molecule has 0 spiro atoms. The molecule has 1 aliphatic rings. The third-order valence-corrected chi connectivity index (χ3v) is 3.60. The van der Waals surface area contributed by atoms with E-state index in [0.29, 0.717) is 5.88 Å². The number of anilines is 1. The molecule has 0 radical (unpaired) electrons. The van der Waals surface area contributed by atoms with E-state index in [-0.39, 0.29) is 5.54 Å². The lowest BCUT2D eigenvalue weighted by Gasteiger charge is -2.42. The Labute approximate surface area is 96.4 Å². The molecule has 1 N–H and O–H groups in total. The molecule has 88 valence electrons. The van der Waals surface area contributed by atoms with Gasteiger partial charge in [0.1, 0.15) is 12.1 Å². The predicted octanol–water partition coefficient (Wildman–Crippen LogP) is 2.54. The second-order valence-corrected chi connectivity index (χ2v) is 4.47. The molecule has 1 heterocycles. The van der Waals surface area contributed by atoms with Crippen LogP contribution in [0.1, 0.15) is 38.2 Å². The fourth-order valence-electron chi connectivity index (χ4n) is 2.19. The zero-order valence-corrected chi connectivity index (χ0v) is 10.2. The molecule has 2 rings (SSSR count). The van der Waals surface area contributed by atoms with Gasteiger partial charge < -0.3 is 10.1 Å². The standard InChI is InChI=1S/C12H19N3O/c1-4-12(6-5-7-12)15-10-9(2)11(16-3)14-8-13-10/h8H,4-7H2,1-3H3,(H,13,14,15). The van der Waals surface area contributed by atoms with Crippen LogP contribution < -0.4 is 10.1 Å². The van der Waals surface area contributed by atoms with Crippen LogP contribution in [-0.4, -0.2) is 22.6 Å². The van der Waals surface area contributed by atoms with Crippen molar-refractivity contribution in [3.8, 4) is 5.88 Å². The van der Waals surface area contributed by atoms with E-state index in [2.05, 4.69) is 22.2 Å². The van der Waals surface area contributed by atoms with Crippen molar-refractivity contribution in [3.05, 3.63) is 11.9 Å². The largest absolute Gasteiger partial charge is 0.481 e. The van der Waals surface area contributed by atoms with Crippen molar-refractivity contribution in [2.45, 2.75) is 45.1 Å². The number of hydrogen-bond donors (Lipinski definition) is 1. The van der Waals surface area contributed by atoms with E-state index >= 15 is 0 Å². The molecule has 4 heteroatoms. The van der Waals surface area contributed by atoms with E-state index in [1.807, 2.05) is 6.92 Å². The van der Waals surface area contributed by atoms with E-state index in [4.69, 9.17) is 4.74 Å². The summed E-state index contributed by atoms with van der Waals surface area (Å²) in [5.74, 6) is 1.57. The number of rotatable bonds is 4. The molecule has 0 amide bonds. The highest BCUT2D eigenvalue weighted by molar-refractivity contribution is 5.49. The molecule has 1 fully saturated rings. The Kier molecular flexibility index (Phi) is 2.99. The van der Waals surface area contributed by atoms with Crippen LogP contribution in [0.3, 0.4) is 0 Å². The molecule has 0 bridgehead atoms. The fourth-order valence-corrected chi connectivity index (χ4v) is 2.19. The van der Waals surface area contributed by atoms with E-state index in [9.17, 15) is 0 Å². The van der Waals surface area contributed by atoms with Crippen LogP contribution in [0, 0.1) is 6.92 Å². The maximum atomic E-state index is 5.19. The first-order valence-corrected chi connectivity index (χ1v) is 5.84. The van der Waals surface area contributed by atoms with Crippen LogP contribution in [0.5, 0.6) is 5.88 Å².